The summed E-state index contributed by atoms with van der Waals surface area (Å²) in [6.07, 6.45) is -1.14. The molecule has 0 aromatic rings. The molecule has 0 aliphatic carbocycles. The SMILES string of the molecule is O.O.O=C([O-])CCC(=O)C(=O)[O-].[Ca+2]. The van der Waals surface area contributed by atoms with Gasteiger partial charge in [0.05, 0.1) is 0 Å². The van der Waals surface area contributed by atoms with Gasteiger partial charge < -0.3 is 30.8 Å². The van der Waals surface area contributed by atoms with Crippen LogP contribution in [0.25, 0.3) is 0 Å². The normalized spacial score (nSPS) is 6.77. The van der Waals surface area contributed by atoms with Gasteiger partial charge in [0.15, 0.2) is 5.78 Å². The van der Waals surface area contributed by atoms with Gasteiger partial charge in [0, 0.05) is 12.4 Å². The first kappa shape index (κ1) is 23.0. The second-order valence-corrected chi connectivity index (χ2v) is 1.58. The number of rotatable bonds is 4. The minimum atomic E-state index is -1.86. The maximum atomic E-state index is 10.1. The monoisotopic (exact) mass is 220 g/mol. The fraction of sp³-hybridized carbons (Fsp3) is 0.400. The van der Waals surface area contributed by atoms with E-state index in [-0.39, 0.29) is 48.7 Å². The van der Waals surface area contributed by atoms with Gasteiger partial charge in [-0.2, -0.15) is 0 Å². The summed E-state index contributed by atoms with van der Waals surface area (Å²) in [4.78, 5) is 29.4. The molecule has 0 unspecified atom stereocenters. The van der Waals surface area contributed by atoms with Crippen LogP contribution in [0, 0.1) is 0 Å². The molecule has 4 N–H and O–H groups in total. The largest absolute Gasteiger partial charge is 2.00 e. The van der Waals surface area contributed by atoms with Crippen LogP contribution in [0.4, 0.5) is 0 Å². The van der Waals surface area contributed by atoms with Crippen LogP contribution in [0.2, 0.25) is 0 Å². The molecule has 0 fully saturated rings. The smallest absolute Gasteiger partial charge is 0.550 e. The van der Waals surface area contributed by atoms with E-state index in [0.29, 0.717) is 0 Å². The van der Waals surface area contributed by atoms with E-state index >= 15 is 0 Å². The Bertz CT molecular complexity index is 178. The molecule has 0 bridgehead atoms. The third-order valence-corrected chi connectivity index (χ3v) is 0.784. The van der Waals surface area contributed by atoms with Crippen molar-refractivity contribution in [2.45, 2.75) is 12.8 Å². The Morgan fingerprint density at radius 2 is 1.31 bits per heavy atom. The molecule has 0 saturated carbocycles. The molecule has 0 aromatic carbocycles. The standard InChI is InChI=1S/C5H6O5.Ca.2H2O/c6-3(5(9)10)1-2-4(7)8;;;/h1-2H2,(H,7,8)(H,9,10);;2*1H2/q;+2;;/p-2. The van der Waals surface area contributed by atoms with Crippen molar-refractivity contribution in [2.24, 2.45) is 0 Å². The molecule has 0 amide bonds. The van der Waals surface area contributed by atoms with Crippen molar-refractivity contribution in [1.29, 1.82) is 0 Å². The van der Waals surface area contributed by atoms with Crippen molar-refractivity contribution in [1.82, 2.24) is 0 Å². The Morgan fingerprint density at radius 3 is 1.54 bits per heavy atom. The second kappa shape index (κ2) is 11.8. The summed E-state index contributed by atoms with van der Waals surface area (Å²) in [6.45, 7) is 0. The number of carboxylic acids is 2. The Kier molecular flexibility index (Phi) is 20.9. The molecule has 0 spiro atoms. The number of aliphatic carboxylic acids is 2. The molecule has 7 nitrogen and oxygen atoms in total. The van der Waals surface area contributed by atoms with E-state index in [2.05, 4.69) is 0 Å². The van der Waals surface area contributed by atoms with Crippen molar-refractivity contribution < 1.29 is 35.5 Å². The van der Waals surface area contributed by atoms with Crippen molar-refractivity contribution in [3.63, 3.8) is 0 Å². The van der Waals surface area contributed by atoms with Crippen molar-refractivity contribution in [2.75, 3.05) is 0 Å². The Hall–Kier alpha value is -0.210. The zero-order valence-electron chi connectivity index (χ0n) is 6.66. The molecule has 0 aromatic heterocycles. The molecule has 0 aliphatic rings. The molecule has 0 atom stereocenters. The minimum Gasteiger partial charge on any atom is -0.550 e. The Morgan fingerprint density at radius 1 is 0.923 bits per heavy atom. The van der Waals surface area contributed by atoms with E-state index in [9.17, 15) is 24.6 Å². The van der Waals surface area contributed by atoms with Gasteiger partial charge in [0.25, 0.3) is 0 Å². The van der Waals surface area contributed by atoms with Crippen LogP contribution < -0.4 is 10.2 Å². The van der Waals surface area contributed by atoms with E-state index in [4.69, 9.17) is 0 Å². The predicted molar refractivity (Wildman–Crippen MR) is 37.2 cm³/mol. The Labute approximate surface area is 103 Å². The molecule has 72 valence electrons. The summed E-state index contributed by atoms with van der Waals surface area (Å²) in [5.41, 5.74) is 0. The van der Waals surface area contributed by atoms with E-state index in [0.717, 1.165) is 0 Å². The van der Waals surface area contributed by atoms with Gasteiger partial charge in [-0.15, -0.1) is 0 Å². The van der Waals surface area contributed by atoms with Crippen LogP contribution in [-0.2, 0) is 14.4 Å². The van der Waals surface area contributed by atoms with Crippen molar-refractivity contribution in [3.05, 3.63) is 0 Å². The van der Waals surface area contributed by atoms with E-state index < -0.39 is 30.6 Å². The predicted octanol–water partition coefficient (Wildman–Crippen LogP) is -5.19. The van der Waals surface area contributed by atoms with Gasteiger partial charge >= 0.3 is 37.7 Å². The summed E-state index contributed by atoms with van der Waals surface area (Å²) in [5.74, 6) is -4.53. The zero-order valence-corrected chi connectivity index (χ0v) is 8.87. The molecule has 0 saturated heterocycles. The van der Waals surface area contributed by atoms with Gasteiger partial charge in [-0.25, -0.2) is 0 Å². The summed E-state index contributed by atoms with van der Waals surface area (Å²) in [6, 6.07) is 0. The first-order valence-corrected chi connectivity index (χ1v) is 2.48. The number of carboxylic acid groups (broad SMARTS) is 2. The van der Waals surface area contributed by atoms with Gasteiger partial charge in [0.2, 0.25) is 0 Å². The third kappa shape index (κ3) is 14.6. The zero-order chi connectivity index (χ0) is 8.15. The Balaban J connectivity index is -0.000000135. The second-order valence-electron chi connectivity index (χ2n) is 1.58. The summed E-state index contributed by atoms with van der Waals surface area (Å²) in [7, 11) is 0. The van der Waals surface area contributed by atoms with Crippen LogP contribution in [-0.4, -0.2) is 66.4 Å². The third-order valence-electron chi connectivity index (χ3n) is 0.784. The molecule has 0 radical (unpaired) electrons. The minimum absolute atomic E-state index is 0. The van der Waals surface area contributed by atoms with E-state index in [1.54, 1.807) is 0 Å². The quantitative estimate of drug-likeness (QED) is 0.341. The van der Waals surface area contributed by atoms with Crippen LogP contribution in [0.3, 0.4) is 0 Å². The summed E-state index contributed by atoms with van der Waals surface area (Å²) in [5, 5.41) is 19.3. The van der Waals surface area contributed by atoms with E-state index in [1.807, 2.05) is 0 Å². The first-order chi connectivity index (χ1) is 4.54. The molecule has 13 heavy (non-hydrogen) atoms. The van der Waals surface area contributed by atoms with Gasteiger partial charge in [0.1, 0.15) is 5.97 Å². The number of carbonyl (C=O) groups excluding carboxylic acids is 3. The number of hydrogen-bond acceptors (Lipinski definition) is 5. The average Bonchev–Trinajstić information content (AvgIpc) is 1.82. The maximum Gasteiger partial charge on any atom is 2.00 e. The number of carbonyl (C=O) groups is 3. The molecule has 8 heteroatoms. The molecule has 0 rings (SSSR count). The van der Waals surface area contributed by atoms with Crippen LogP contribution in [0.15, 0.2) is 0 Å². The molecule has 0 aliphatic heterocycles. The molecular weight excluding hydrogens is 212 g/mol. The van der Waals surface area contributed by atoms with Crippen LogP contribution in [0.1, 0.15) is 12.8 Å². The molecular formula is C5H8CaO7. The topological polar surface area (TPSA) is 160 Å². The first-order valence-electron chi connectivity index (χ1n) is 2.48. The fourth-order valence-electron chi connectivity index (χ4n) is 0.318. The van der Waals surface area contributed by atoms with Crippen molar-refractivity contribution >= 4 is 55.5 Å². The molecule has 0 heterocycles. The average molecular weight is 220 g/mol. The number of Topliss-reactive ketones (excluding diaryl/α,β-unsaturated/α-hetero) is 1. The maximum absolute atomic E-state index is 10.1. The van der Waals surface area contributed by atoms with E-state index in [1.165, 1.54) is 0 Å². The number of ketones is 1. The number of hydrogen-bond donors (Lipinski definition) is 0. The summed E-state index contributed by atoms with van der Waals surface area (Å²) < 4.78 is 0. The van der Waals surface area contributed by atoms with Gasteiger partial charge in [-0.3, -0.25) is 4.79 Å². The van der Waals surface area contributed by atoms with Gasteiger partial charge in [-0.05, 0) is 6.42 Å². The fourth-order valence-corrected chi connectivity index (χ4v) is 0.318. The van der Waals surface area contributed by atoms with Crippen LogP contribution >= 0.6 is 0 Å². The van der Waals surface area contributed by atoms with Crippen molar-refractivity contribution in [3.8, 4) is 0 Å². The summed E-state index contributed by atoms with van der Waals surface area (Å²) >= 11 is 0. The van der Waals surface area contributed by atoms with Gasteiger partial charge in [-0.1, -0.05) is 0 Å². The van der Waals surface area contributed by atoms with Crippen LogP contribution in [0.5, 0.6) is 0 Å².